The maximum Gasteiger partial charge on any atom is 0.407 e. The summed E-state index contributed by atoms with van der Waals surface area (Å²) in [5.41, 5.74) is 3.26. The van der Waals surface area contributed by atoms with Gasteiger partial charge in [0.1, 0.15) is 23.4 Å². The molecule has 0 saturated carbocycles. The molecule has 0 radical (unpaired) electrons. The summed E-state index contributed by atoms with van der Waals surface area (Å²) in [5, 5.41) is 8.70. The molecule has 2 aromatic carbocycles. The third-order valence-corrected chi connectivity index (χ3v) is 11.7. The zero-order valence-corrected chi connectivity index (χ0v) is 33.6. The molecule has 0 aliphatic carbocycles. The zero-order chi connectivity index (χ0) is 40.3. The Labute approximate surface area is 329 Å². The van der Waals surface area contributed by atoms with Gasteiger partial charge in [-0.05, 0) is 67.7 Å². The number of aromatic nitrogens is 3. The summed E-state index contributed by atoms with van der Waals surface area (Å²) in [6.45, 7) is 10.2. The molecule has 16 heteroatoms. The second-order valence-electron chi connectivity index (χ2n) is 15.2. The molecule has 0 bridgehead atoms. The summed E-state index contributed by atoms with van der Waals surface area (Å²) in [7, 11) is 2.53. The molecule has 0 unspecified atom stereocenters. The van der Waals surface area contributed by atoms with Crippen LogP contribution in [0.25, 0.3) is 32.6 Å². The summed E-state index contributed by atoms with van der Waals surface area (Å²) in [6, 6.07) is 12.2. The van der Waals surface area contributed by atoms with E-state index in [9.17, 15) is 24.0 Å². The van der Waals surface area contributed by atoms with Gasteiger partial charge < -0.3 is 34.9 Å². The van der Waals surface area contributed by atoms with Gasteiger partial charge in [0.2, 0.25) is 11.8 Å². The van der Waals surface area contributed by atoms with E-state index < -0.39 is 29.8 Å². The van der Waals surface area contributed by atoms with Gasteiger partial charge in [-0.25, -0.2) is 19.6 Å². The summed E-state index contributed by atoms with van der Waals surface area (Å²) in [6.07, 6.45) is 3.23. The topological polar surface area (TPSA) is 188 Å². The monoisotopic (exact) mass is 786 g/mol. The molecule has 4 atom stereocenters. The van der Waals surface area contributed by atoms with Crippen molar-refractivity contribution in [3.63, 3.8) is 0 Å². The first kappa shape index (κ1) is 40.2. The van der Waals surface area contributed by atoms with Crippen LogP contribution in [-0.2, 0) is 23.9 Å². The number of alkyl carbamates (subject to hydrolysis) is 2. The summed E-state index contributed by atoms with van der Waals surface area (Å²) in [5.74, 6) is -0.445. The van der Waals surface area contributed by atoms with E-state index in [1.54, 1.807) is 16.7 Å². The number of aromatic amines is 1. The van der Waals surface area contributed by atoms with Crippen LogP contribution >= 0.6 is 11.3 Å². The van der Waals surface area contributed by atoms with Gasteiger partial charge in [-0.1, -0.05) is 69.4 Å². The number of H-pyrrole nitrogens is 1. The van der Waals surface area contributed by atoms with Gasteiger partial charge in [0.15, 0.2) is 5.13 Å². The molecule has 2 saturated heterocycles. The lowest BCUT2D eigenvalue weighted by molar-refractivity contribution is -0.144. The fourth-order valence-corrected chi connectivity index (χ4v) is 8.39. The second kappa shape index (κ2) is 16.7. The average molecular weight is 787 g/mol. The molecule has 4 N–H and O–H groups in total. The predicted molar refractivity (Wildman–Crippen MR) is 213 cm³/mol. The molecular formula is C40H50N8O7S. The van der Waals surface area contributed by atoms with E-state index >= 15 is 0 Å². The van der Waals surface area contributed by atoms with Gasteiger partial charge >= 0.3 is 12.2 Å². The quantitative estimate of drug-likeness (QED) is 0.139. The number of imidazole rings is 1. The van der Waals surface area contributed by atoms with Gasteiger partial charge in [0.05, 0.1) is 36.2 Å². The molecule has 5 amide bonds. The largest absolute Gasteiger partial charge is 0.453 e. The van der Waals surface area contributed by atoms with E-state index in [2.05, 4.69) is 25.9 Å². The number of amides is 5. The first-order chi connectivity index (χ1) is 26.7. The molecular weight excluding hydrogens is 737 g/mol. The number of likely N-dealkylation sites (tertiary alicyclic amines) is 2. The van der Waals surface area contributed by atoms with Crippen molar-refractivity contribution >= 4 is 56.6 Å². The van der Waals surface area contributed by atoms with Crippen molar-refractivity contribution in [2.24, 2.45) is 11.8 Å². The Morgan fingerprint density at radius 3 is 2.11 bits per heavy atom. The van der Waals surface area contributed by atoms with Crippen LogP contribution in [0.5, 0.6) is 0 Å². The van der Waals surface area contributed by atoms with E-state index in [-0.39, 0.29) is 35.6 Å². The third-order valence-electron chi connectivity index (χ3n) is 10.8. The van der Waals surface area contributed by atoms with Gasteiger partial charge in [-0.2, -0.15) is 0 Å². The van der Waals surface area contributed by atoms with Crippen LogP contribution in [0.15, 0.2) is 48.7 Å². The lowest BCUT2D eigenvalue weighted by Crippen LogP contribution is -2.59. The molecule has 4 aromatic rings. The summed E-state index contributed by atoms with van der Waals surface area (Å²) < 4.78 is 10.4. The number of hydrogen-bond donors (Lipinski definition) is 4. The van der Waals surface area contributed by atoms with Crippen molar-refractivity contribution in [3.8, 4) is 22.4 Å². The highest BCUT2D eigenvalue weighted by molar-refractivity contribution is 7.22. The van der Waals surface area contributed by atoms with Crippen molar-refractivity contribution in [2.45, 2.75) is 84.0 Å². The molecule has 6 rings (SSSR count). The van der Waals surface area contributed by atoms with E-state index in [1.165, 1.54) is 25.6 Å². The summed E-state index contributed by atoms with van der Waals surface area (Å²) >= 11 is 1.36. The van der Waals surface area contributed by atoms with Crippen molar-refractivity contribution in [2.75, 3.05) is 32.6 Å². The maximum absolute atomic E-state index is 13.8. The fourth-order valence-electron chi connectivity index (χ4n) is 7.49. The zero-order valence-electron chi connectivity index (χ0n) is 32.8. The van der Waals surface area contributed by atoms with Crippen LogP contribution in [0.3, 0.4) is 0 Å². The Morgan fingerprint density at radius 2 is 1.46 bits per heavy atom. The molecule has 0 spiro atoms. The van der Waals surface area contributed by atoms with Crippen LogP contribution in [0.1, 0.15) is 72.2 Å². The lowest BCUT2D eigenvalue weighted by Gasteiger charge is -2.36. The minimum Gasteiger partial charge on any atom is -0.453 e. The summed E-state index contributed by atoms with van der Waals surface area (Å²) in [4.78, 5) is 81.0. The van der Waals surface area contributed by atoms with Crippen LogP contribution < -0.4 is 16.0 Å². The number of ether oxygens (including phenoxy) is 2. The minimum absolute atomic E-state index is 0.119. The number of fused-ring (bicyclic) bond motifs is 1. The highest BCUT2D eigenvalue weighted by atomic mass is 32.1. The highest BCUT2D eigenvalue weighted by Gasteiger charge is 2.48. The molecule has 2 aromatic heterocycles. The third kappa shape index (κ3) is 8.20. The number of carbonyl (C=O) groups is 5. The number of benzene rings is 2. The van der Waals surface area contributed by atoms with Gasteiger partial charge in [-0.3, -0.25) is 19.7 Å². The van der Waals surface area contributed by atoms with Crippen LogP contribution in [0.2, 0.25) is 0 Å². The second-order valence-corrected chi connectivity index (χ2v) is 16.2. The minimum atomic E-state index is -1.12. The Balaban J connectivity index is 1.13. The normalized spacial score (nSPS) is 19.3. The fraction of sp³-hybridized carbons (Fsp3) is 0.475. The van der Waals surface area contributed by atoms with E-state index in [0.29, 0.717) is 36.9 Å². The first-order valence-electron chi connectivity index (χ1n) is 18.9. The Bertz CT molecular complexity index is 2100. The molecule has 298 valence electrons. The van der Waals surface area contributed by atoms with Crippen molar-refractivity contribution in [3.05, 3.63) is 54.5 Å². The number of thiazole rings is 1. The highest BCUT2D eigenvalue weighted by Crippen LogP contribution is 2.36. The number of carbonyl (C=O) groups excluding carboxylic acids is 5. The van der Waals surface area contributed by atoms with Gasteiger partial charge in [0, 0.05) is 24.8 Å². The van der Waals surface area contributed by atoms with E-state index in [0.717, 1.165) is 45.4 Å². The van der Waals surface area contributed by atoms with E-state index in [1.807, 2.05) is 76.4 Å². The lowest BCUT2D eigenvalue weighted by atomic mass is 9.95. The number of rotatable bonds is 11. The van der Waals surface area contributed by atoms with Crippen molar-refractivity contribution in [1.29, 1.82) is 0 Å². The van der Waals surface area contributed by atoms with Crippen molar-refractivity contribution < 1.29 is 33.4 Å². The SMILES string of the molecule is COC(=O)N[C@H](C(=O)N1CCC[C@H]1c1nc(-c2ccc(-c3ccc4nc(NC(=O)[C@]5(C)CCCN5C(=O)[C@@H](NC(=O)OC)C(C)C)sc4c3)cc2)c[nH]1)C(C)C. The van der Waals surface area contributed by atoms with Crippen LogP contribution in [0, 0.1) is 11.8 Å². The Kier molecular flexibility index (Phi) is 12.0. The number of nitrogens with one attached hydrogen (secondary N) is 4. The number of nitrogens with zero attached hydrogens (tertiary/aromatic N) is 4. The number of anilines is 1. The van der Waals surface area contributed by atoms with Crippen molar-refractivity contribution in [1.82, 2.24) is 35.4 Å². The number of methoxy groups -OCH3 is 2. The standard InChI is InChI=1S/C40H50N8O7S/c1-22(2)31(44-38(52)54-6)34(49)47-18-8-10-29(47)33-41-21-28(42-33)25-13-11-24(12-14-25)26-15-16-27-30(20-26)56-37(43-27)46-36(51)40(5)17-9-19-48(40)35(50)32(23(3)4)45-39(53)55-7/h11-16,20-23,29,31-32H,8-10,17-19H2,1-7H3,(H,41,42)(H,44,52)(H,45,53)(H,43,46,51)/t29-,31-,32-,40-/m0/s1. The average Bonchev–Trinajstić information content (AvgIpc) is 4.01. The van der Waals surface area contributed by atoms with E-state index in [4.69, 9.17) is 14.5 Å². The first-order valence-corrected chi connectivity index (χ1v) is 19.7. The predicted octanol–water partition coefficient (Wildman–Crippen LogP) is 6.10. The molecule has 4 heterocycles. The molecule has 15 nitrogen and oxygen atoms in total. The van der Waals surface area contributed by atoms with Gasteiger partial charge in [0.25, 0.3) is 5.91 Å². The molecule has 2 fully saturated rings. The van der Waals surface area contributed by atoms with Crippen LogP contribution in [-0.4, -0.2) is 99.6 Å². The smallest absolute Gasteiger partial charge is 0.407 e. The number of hydrogen-bond acceptors (Lipinski definition) is 10. The van der Waals surface area contributed by atoms with Crippen LogP contribution in [0.4, 0.5) is 14.7 Å². The Morgan fingerprint density at radius 1 is 0.839 bits per heavy atom. The van der Waals surface area contributed by atoms with Gasteiger partial charge in [-0.15, -0.1) is 0 Å². The molecule has 2 aliphatic heterocycles. The molecule has 2 aliphatic rings. The Hall–Kier alpha value is -5.51. The maximum atomic E-state index is 13.8. The molecule has 56 heavy (non-hydrogen) atoms.